The summed E-state index contributed by atoms with van der Waals surface area (Å²) in [5.74, 6) is 0.0720. The van der Waals surface area contributed by atoms with Crippen LogP contribution in [0, 0.1) is 0 Å². The van der Waals surface area contributed by atoms with Crippen molar-refractivity contribution in [1.29, 1.82) is 0 Å². The van der Waals surface area contributed by atoms with Gasteiger partial charge in [0, 0.05) is 12.7 Å². The first-order valence-corrected chi connectivity index (χ1v) is 8.65. The molecule has 0 radical (unpaired) electrons. The van der Waals surface area contributed by atoms with Crippen molar-refractivity contribution in [2.45, 2.75) is 19.4 Å². The van der Waals surface area contributed by atoms with E-state index in [1.807, 2.05) is 6.92 Å². The van der Waals surface area contributed by atoms with E-state index >= 15 is 0 Å². The maximum atomic E-state index is 12.2. The third kappa shape index (κ3) is 3.43. The Hall–Kier alpha value is -1.27. The number of hydrogen-bond acceptors (Lipinski definition) is 4. The molecule has 1 aromatic carbocycles. The third-order valence-corrected chi connectivity index (χ3v) is 4.23. The van der Waals surface area contributed by atoms with E-state index in [4.69, 9.17) is 16.3 Å². The number of para-hydroxylation sites is 1. The predicted octanol–water partition coefficient (Wildman–Crippen LogP) is 1.89. The zero-order chi connectivity index (χ0) is 14.9. The Kier molecular flexibility index (Phi) is 4.25. The number of nitrogens with zero attached hydrogens (tertiary/aromatic N) is 1. The van der Waals surface area contributed by atoms with E-state index in [1.165, 1.54) is 0 Å². The molecule has 0 unspecified atom stereocenters. The molecule has 1 aliphatic rings. The molecule has 1 atom stereocenters. The molecule has 0 bridgehead atoms. The molecule has 0 aliphatic carbocycles. The van der Waals surface area contributed by atoms with Crippen LogP contribution >= 0.6 is 11.6 Å². The molecule has 2 rings (SSSR count). The van der Waals surface area contributed by atoms with E-state index in [0.717, 1.165) is 6.26 Å². The first-order chi connectivity index (χ1) is 9.28. The highest BCUT2D eigenvalue weighted by Crippen LogP contribution is 2.39. The molecule has 0 spiro atoms. The molecule has 7 heteroatoms. The van der Waals surface area contributed by atoms with Gasteiger partial charge in [-0.3, -0.25) is 4.79 Å². The van der Waals surface area contributed by atoms with Gasteiger partial charge >= 0.3 is 0 Å². The minimum absolute atomic E-state index is 0.0441. The second-order valence-corrected chi connectivity index (χ2v) is 7.57. The summed E-state index contributed by atoms with van der Waals surface area (Å²) >= 11 is 6.07. The summed E-state index contributed by atoms with van der Waals surface area (Å²) in [6.07, 6.45) is 0.884. The summed E-state index contributed by atoms with van der Waals surface area (Å²) in [7, 11) is -3.16. The van der Waals surface area contributed by atoms with Crippen molar-refractivity contribution in [1.82, 2.24) is 0 Å². The highest BCUT2D eigenvalue weighted by Gasteiger charge is 2.29. The molecule has 0 saturated heterocycles. The van der Waals surface area contributed by atoms with Crippen LogP contribution < -0.4 is 9.64 Å². The normalized spacial score (nSPS) is 18.4. The summed E-state index contributed by atoms with van der Waals surface area (Å²) in [5.41, 5.74) is 0.592. The fourth-order valence-corrected chi connectivity index (χ4v) is 2.82. The van der Waals surface area contributed by atoms with Crippen molar-refractivity contribution in [2.24, 2.45) is 0 Å². The van der Waals surface area contributed by atoms with Gasteiger partial charge in [0.2, 0.25) is 5.91 Å². The van der Waals surface area contributed by atoms with Gasteiger partial charge < -0.3 is 9.64 Å². The molecule has 1 heterocycles. The standard InChI is InChI=1S/C13H16ClNO4S/c1-9-8-15(12(16)6-7-20(2,17)18)11-5-3-4-10(14)13(11)19-9/h3-5,9H,6-8H2,1-2H3/t9-/m1/s1. The summed E-state index contributed by atoms with van der Waals surface area (Å²) in [6, 6.07) is 5.17. The van der Waals surface area contributed by atoms with Crippen LogP contribution in [0.15, 0.2) is 18.2 Å². The van der Waals surface area contributed by atoms with E-state index in [1.54, 1.807) is 23.1 Å². The topological polar surface area (TPSA) is 63.7 Å². The number of carbonyl (C=O) groups excluding carboxylic acids is 1. The third-order valence-electron chi connectivity index (χ3n) is 2.98. The molecule has 0 aromatic heterocycles. The van der Waals surface area contributed by atoms with Gasteiger partial charge in [-0.15, -0.1) is 0 Å². The lowest BCUT2D eigenvalue weighted by molar-refractivity contribution is -0.118. The summed E-state index contributed by atoms with van der Waals surface area (Å²) in [5, 5.41) is 0.440. The monoisotopic (exact) mass is 317 g/mol. The van der Waals surface area contributed by atoms with Crippen molar-refractivity contribution in [3.63, 3.8) is 0 Å². The largest absolute Gasteiger partial charge is 0.485 e. The Morgan fingerprint density at radius 1 is 1.50 bits per heavy atom. The molecule has 1 aliphatic heterocycles. The lowest BCUT2D eigenvalue weighted by atomic mass is 10.2. The number of amides is 1. The Bertz CT molecular complexity index is 629. The van der Waals surface area contributed by atoms with Gasteiger partial charge in [-0.1, -0.05) is 17.7 Å². The van der Waals surface area contributed by atoms with Gasteiger partial charge in [-0.2, -0.15) is 0 Å². The number of fused-ring (bicyclic) bond motifs is 1. The lowest BCUT2D eigenvalue weighted by Gasteiger charge is -2.33. The van der Waals surface area contributed by atoms with Gasteiger partial charge in [-0.05, 0) is 19.1 Å². The van der Waals surface area contributed by atoms with Crippen molar-refractivity contribution >= 4 is 33.0 Å². The van der Waals surface area contributed by atoms with E-state index in [2.05, 4.69) is 0 Å². The molecule has 1 amide bonds. The number of hydrogen-bond donors (Lipinski definition) is 0. The van der Waals surface area contributed by atoms with Crippen molar-refractivity contribution in [2.75, 3.05) is 23.5 Å². The fourth-order valence-electron chi connectivity index (χ4n) is 2.06. The maximum absolute atomic E-state index is 12.2. The predicted molar refractivity (Wildman–Crippen MR) is 78.2 cm³/mol. The molecular weight excluding hydrogens is 302 g/mol. The van der Waals surface area contributed by atoms with Crippen LogP contribution in [0.25, 0.3) is 0 Å². The first kappa shape index (κ1) is 15.1. The zero-order valence-electron chi connectivity index (χ0n) is 11.3. The molecule has 1 aromatic rings. The van der Waals surface area contributed by atoms with Crippen molar-refractivity contribution in [3.8, 4) is 5.75 Å². The second-order valence-electron chi connectivity index (χ2n) is 4.90. The van der Waals surface area contributed by atoms with Gasteiger partial charge in [-0.25, -0.2) is 8.42 Å². The number of sulfone groups is 1. The molecular formula is C13H16ClNO4S. The second kappa shape index (κ2) is 5.61. The molecule has 20 heavy (non-hydrogen) atoms. The van der Waals surface area contributed by atoms with E-state index in [-0.39, 0.29) is 24.2 Å². The molecule has 110 valence electrons. The number of carbonyl (C=O) groups is 1. The Morgan fingerprint density at radius 2 is 2.20 bits per heavy atom. The highest BCUT2D eigenvalue weighted by molar-refractivity contribution is 7.90. The van der Waals surface area contributed by atoms with E-state index in [9.17, 15) is 13.2 Å². The minimum atomic E-state index is -3.16. The van der Waals surface area contributed by atoms with Gasteiger partial charge in [0.25, 0.3) is 0 Å². The number of anilines is 1. The Balaban J connectivity index is 2.25. The minimum Gasteiger partial charge on any atom is -0.485 e. The van der Waals surface area contributed by atoms with Crippen LogP contribution in [0.5, 0.6) is 5.75 Å². The fraction of sp³-hybridized carbons (Fsp3) is 0.462. The molecule has 0 N–H and O–H groups in total. The van der Waals surface area contributed by atoms with Gasteiger partial charge in [0.15, 0.2) is 5.75 Å². The van der Waals surface area contributed by atoms with Gasteiger partial charge in [0.05, 0.1) is 23.0 Å². The van der Waals surface area contributed by atoms with Crippen LogP contribution in [0.1, 0.15) is 13.3 Å². The molecule has 0 fully saturated rings. The van der Waals surface area contributed by atoms with Crippen LogP contribution in [0.4, 0.5) is 5.69 Å². The average molecular weight is 318 g/mol. The zero-order valence-corrected chi connectivity index (χ0v) is 12.9. The SMILES string of the molecule is C[C@@H]1CN(C(=O)CCS(C)(=O)=O)c2cccc(Cl)c2O1. The van der Waals surface area contributed by atoms with E-state index < -0.39 is 9.84 Å². The number of benzene rings is 1. The quantitative estimate of drug-likeness (QED) is 0.854. The highest BCUT2D eigenvalue weighted by atomic mass is 35.5. The molecule has 0 saturated carbocycles. The van der Waals surface area contributed by atoms with Crippen LogP contribution in [0.3, 0.4) is 0 Å². The molecule has 5 nitrogen and oxygen atoms in total. The van der Waals surface area contributed by atoms with E-state index in [0.29, 0.717) is 23.0 Å². The number of halogens is 1. The Morgan fingerprint density at radius 3 is 2.85 bits per heavy atom. The maximum Gasteiger partial charge on any atom is 0.228 e. The smallest absolute Gasteiger partial charge is 0.228 e. The Labute approximate surface area is 123 Å². The first-order valence-electron chi connectivity index (χ1n) is 6.21. The summed E-state index contributed by atoms with van der Waals surface area (Å²) < 4.78 is 28.0. The summed E-state index contributed by atoms with van der Waals surface area (Å²) in [6.45, 7) is 2.22. The van der Waals surface area contributed by atoms with Gasteiger partial charge in [0.1, 0.15) is 15.9 Å². The van der Waals surface area contributed by atoms with Crippen LogP contribution in [0.2, 0.25) is 5.02 Å². The van der Waals surface area contributed by atoms with Crippen LogP contribution in [-0.4, -0.2) is 39.0 Å². The lowest BCUT2D eigenvalue weighted by Crippen LogP contribution is -2.42. The van der Waals surface area contributed by atoms with Crippen LogP contribution in [-0.2, 0) is 14.6 Å². The van der Waals surface area contributed by atoms with Crippen molar-refractivity contribution in [3.05, 3.63) is 23.2 Å². The number of ether oxygens (including phenoxy) is 1. The van der Waals surface area contributed by atoms with Crippen molar-refractivity contribution < 1.29 is 17.9 Å². The average Bonchev–Trinajstić information content (AvgIpc) is 2.35. The number of rotatable bonds is 3. The summed E-state index contributed by atoms with van der Waals surface area (Å²) in [4.78, 5) is 13.8.